The smallest absolute Gasteiger partial charge is 0.329 e. The van der Waals surface area contributed by atoms with E-state index in [0.29, 0.717) is 36.0 Å². The van der Waals surface area contributed by atoms with Gasteiger partial charge in [-0.2, -0.15) is 0 Å². The molecule has 0 radical (unpaired) electrons. The first kappa shape index (κ1) is 21.9. The molecule has 0 bridgehead atoms. The first-order chi connectivity index (χ1) is 14.9. The molecule has 1 aliphatic rings. The van der Waals surface area contributed by atoms with Crippen LogP contribution in [0.1, 0.15) is 25.0 Å². The van der Waals surface area contributed by atoms with E-state index in [1.807, 2.05) is 32.9 Å². The number of anilines is 1. The largest absolute Gasteiger partial charge is 0.494 e. The van der Waals surface area contributed by atoms with Crippen LogP contribution in [0.2, 0.25) is 0 Å². The molecule has 1 saturated heterocycles. The minimum atomic E-state index is -0.653. The Morgan fingerprint density at radius 2 is 1.87 bits per heavy atom. The van der Waals surface area contributed by atoms with Crippen molar-refractivity contribution in [3.63, 3.8) is 0 Å². The predicted molar refractivity (Wildman–Crippen MR) is 117 cm³/mol. The molecule has 1 fully saturated rings. The van der Waals surface area contributed by atoms with Gasteiger partial charge in [-0.05, 0) is 56.7 Å². The summed E-state index contributed by atoms with van der Waals surface area (Å²) in [7, 11) is 0. The quantitative estimate of drug-likeness (QED) is 0.502. The lowest BCUT2D eigenvalue weighted by Gasteiger charge is -2.12. The molecule has 2 aromatic rings. The van der Waals surface area contributed by atoms with E-state index < -0.39 is 24.4 Å². The summed E-state index contributed by atoms with van der Waals surface area (Å²) >= 11 is 0. The number of amides is 4. The highest BCUT2D eigenvalue weighted by Crippen LogP contribution is 2.28. The number of nitrogens with one attached hydrogen (secondary N) is 2. The molecule has 0 aliphatic carbocycles. The van der Waals surface area contributed by atoms with E-state index >= 15 is 0 Å². The number of urea groups is 1. The number of hydrogen-bond donors (Lipinski definition) is 2. The average Bonchev–Trinajstić information content (AvgIpc) is 2.97. The van der Waals surface area contributed by atoms with Crippen molar-refractivity contribution in [1.29, 1.82) is 0 Å². The van der Waals surface area contributed by atoms with Crippen LogP contribution in [0.3, 0.4) is 0 Å². The van der Waals surface area contributed by atoms with Gasteiger partial charge in [0, 0.05) is 17.3 Å². The van der Waals surface area contributed by atoms with Crippen molar-refractivity contribution >= 4 is 29.6 Å². The predicted octanol–water partition coefficient (Wildman–Crippen LogP) is 3.32. The Kier molecular flexibility index (Phi) is 6.92. The highest BCUT2D eigenvalue weighted by molar-refractivity contribution is 6.16. The molecular formula is C23H25N3O5. The summed E-state index contributed by atoms with van der Waals surface area (Å²) in [5.74, 6) is 0.120. The lowest BCUT2D eigenvalue weighted by Crippen LogP contribution is -2.38. The first-order valence-electron chi connectivity index (χ1n) is 10.0. The summed E-state index contributed by atoms with van der Waals surface area (Å²) in [5, 5.41) is 5.21. The summed E-state index contributed by atoms with van der Waals surface area (Å²) in [6.45, 7) is 6.19. The number of carbonyl (C=O) groups excluding carboxylic acids is 3. The number of ether oxygens (including phenoxy) is 2. The van der Waals surface area contributed by atoms with Crippen LogP contribution in [0.25, 0.3) is 6.08 Å². The van der Waals surface area contributed by atoms with Crippen LogP contribution < -0.4 is 20.1 Å². The minimum Gasteiger partial charge on any atom is -0.494 e. The van der Waals surface area contributed by atoms with Crippen LogP contribution >= 0.6 is 0 Å². The van der Waals surface area contributed by atoms with Gasteiger partial charge in [-0.1, -0.05) is 12.1 Å². The highest BCUT2D eigenvalue weighted by Gasteiger charge is 2.35. The normalized spacial score (nSPS) is 14.5. The second-order valence-electron chi connectivity index (χ2n) is 6.86. The molecule has 3 rings (SSSR count). The third kappa shape index (κ3) is 5.42. The second-order valence-corrected chi connectivity index (χ2v) is 6.86. The highest BCUT2D eigenvalue weighted by atomic mass is 16.5. The molecule has 31 heavy (non-hydrogen) atoms. The Balaban J connectivity index is 1.75. The van der Waals surface area contributed by atoms with E-state index in [9.17, 15) is 14.4 Å². The van der Waals surface area contributed by atoms with E-state index in [0.717, 1.165) is 10.5 Å². The van der Waals surface area contributed by atoms with Crippen molar-refractivity contribution < 1.29 is 23.9 Å². The summed E-state index contributed by atoms with van der Waals surface area (Å²) in [6.07, 6.45) is 1.53. The van der Waals surface area contributed by atoms with Crippen LogP contribution in [0.4, 0.5) is 10.5 Å². The third-order valence-corrected chi connectivity index (χ3v) is 4.46. The molecule has 4 amide bonds. The lowest BCUT2D eigenvalue weighted by atomic mass is 10.1. The number of aryl methyl sites for hydroxylation is 1. The van der Waals surface area contributed by atoms with Crippen LogP contribution in [0.15, 0.2) is 48.2 Å². The summed E-state index contributed by atoms with van der Waals surface area (Å²) < 4.78 is 11.1. The molecule has 0 saturated carbocycles. The molecule has 2 aromatic carbocycles. The summed E-state index contributed by atoms with van der Waals surface area (Å²) in [4.78, 5) is 38.2. The third-order valence-electron chi connectivity index (χ3n) is 4.46. The first-order valence-corrected chi connectivity index (χ1v) is 10.0. The maximum Gasteiger partial charge on any atom is 0.329 e. The molecule has 0 spiro atoms. The Bertz CT molecular complexity index is 1030. The average molecular weight is 423 g/mol. The monoisotopic (exact) mass is 423 g/mol. The molecule has 0 atom stereocenters. The van der Waals surface area contributed by atoms with Crippen molar-refractivity contribution in [1.82, 2.24) is 10.2 Å². The lowest BCUT2D eigenvalue weighted by molar-refractivity contribution is -0.127. The van der Waals surface area contributed by atoms with E-state index in [1.54, 1.807) is 30.3 Å². The van der Waals surface area contributed by atoms with Gasteiger partial charge < -0.3 is 20.1 Å². The Hall–Kier alpha value is -3.81. The van der Waals surface area contributed by atoms with Crippen molar-refractivity contribution in [3.05, 3.63) is 59.3 Å². The number of benzene rings is 2. The van der Waals surface area contributed by atoms with Crippen molar-refractivity contribution in [3.8, 4) is 11.5 Å². The number of carbonyl (C=O) groups is 3. The maximum atomic E-state index is 12.7. The molecule has 8 heteroatoms. The zero-order valence-electron chi connectivity index (χ0n) is 17.7. The molecule has 2 N–H and O–H groups in total. The van der Waals surface area contributed by atoms with E-state index in [2.05, 4.69) is 10.6 Å². The zero-order chi connectivity index (χ0) is 22.4. The molecule has 1 heterocycles. The van der Waals surface area contributed by atoms with Crippen LogP contribution in [-0.4, -0.2) is 42.5 Å². The number of rotatable bonds is 8. The van der Waals surface area contributed by atoms with Gasteiger partial charge in [-0.25, -0.2) is 9.69 Å². The Morgan fingerprint density at radius 1 is 1.10 bits per heavy atom. The fraction of sp³-hybridized carbons (Fsp3) is 0.261. The molecular weight excluding hydrogens is 398 g/mol. The maximum absolute atomic E-state index is 12.7. The minimum absolute atomic E-state index is 0.0680. The summed E-state index contributed by atoms with van der Waals surface area (Å²) in [6, 6.07) is 11.8. The second kappa shape index (κ2) is 9.80. The van der Waals surface area contributed by atoms with E-state index in [-0.39, 0.29) is 5.70 Å². The van der Waals surface area contributed by atoms with Crippen molar-refractivity contribution in [2.24, 2.45) is 0 Å². The number of imide groups is 1. The summed E-state index contributed by atoms with van der Waals surface area (Å²) in [5.41, 5.74) is 2.26. The van der Waals surface area contributed by atoms with Gasteiger partial charge in [-0.15, -0.1) is 0 Å². The zero-order valence-corrected chi connectivity index (χ0v) is 17.7. The number of nitrogens with zero attached hydrogens (tertiary/aromatic N) is 1. The fourth-order valence-corrected chi connectivity index (χ4v) is 3.11. The van der Waals surface area contributed by atoms with Gasteiger partial charge in [0.05, 0.1) is 13.2 Å². The number of hydrogen-bond acceptors (Lipinski definition) is 5. The standard InChI is InChI=1S/C23H25N3O5/c1-4-30-18-10-9-16(20(13-18)31-5-2)12-19-22(28)26(23(29)25-19)14-21(27)24-17-8-6-7-15(3)11-17/h6-13H,4-5,14H2,1-3H3,(H,24,27)(H,25,29). The molecule has 0 unspecified atom stereocenters. The fourth-order valence-electron chi connectivity index (χ4n) is 3.11. The molecule has 0 aromatic heterocycles. The van der Waals surface area contributed by atoms with E-state index in [4.69, 9.17) is 9.47 Å². The van der Waals surface area contributed by atoms with Gasteiger partial charge in [0.2, 0.25) is 5.91 Å². The SMILES string of the molecule is CCOc1ccc(C=C2NC(=O)N(CC(=O)Nc3cccc(C)c3)C2=O)c(OCC)c1. The van der Waals surface area contributed by atoms with Gasteiger partial charge >= 0.3 is 6.03 Å². The Morgan fingerprint density at radius 3 is 2.58 bits per heavy atom. The van der Waals surface area contributed by atoms with Gasteiger partial charge in [0.15, 0.2) is 0 Å². The van der Waals surface area contributed by atoms with Crippen LogP contribution in [-0.2, 0) is 9.59 Å². The topological polar surface area (TPSA) is 97.0 Å². The van der Waals surface area contributed by atoms with Crippen LogP contribution in [0, 0.1) is 6.92 Å². The van der Waals surface area contributed by atoms with E-state index in [1.165, 1.54) is 6.08 Å². The Labute approximate surface area is 180 Å². The molecule has 8 nitrogen and oxygen atoms in total. The van der Waals surface area contributed by atoms with Gasteiger partial charge in [0.25, 0.3) is 5.91 Å². The molecule has 1 aliphatic heterocycles. The van der Waals surface area contributed by atoms with Crippen molar-refractivity contribution in [2.45, 2.75) is 20.8 Å². The van der Waals surface area contributed by atoms with Crippen molar-refractivity contribution in [2.75, 3.05) is 25.1 Å². The molecule has 162 valence electrons. The van der Waals surface area contributed by atoms with Gasteiger partial charge in [-0.3, -0.25) is 9.59 Å². The van der Waals surface area contributed by atoms with Gasteiger partial charge in [0.1, 0.15) is 23.7 Å². The van der Waals surface area contributed by atoms with Crippen LogP contribution in [0.5, 0.6) is 11.5 Å².